The Bertz CT molecular complexity index is 1670. The predicted octanol–water partition coefficient (Wildman–Crippen LogP) is 16.7. The Morgan fingerprint density at radius 2 is 0.615 bits per heavy atom. The Labute approximate surface area is 326 Å². The van der Waals surface area contributed by atoms with Crippen molar-refractivity contribution in [2.45, 2.75) is 117 Å². The zero-order chi connectivity index (χ0) is 36.0. The molecule has 0 N–H and O–H groups in total. The summed E-state index contributed by atoms with van der Waals surface area (Å²) in [7, 11) is 0. The van der Waals surface area contributed by atoms with E-state index in [0.717, 1.165) is 0 Å². The molecule has 0 saturated carbocycles. The van der Waals surface area contributed by atoms with Gasteiger partial charge in [0.25, 0.3) is 0 Å². The molecule has 6 aromatic rings. The normalized spacial score (nSPS) is 11.4. The number of thiophene rings is 3. The zero-order valence-corrected chi connectivity index (χ0v) is 34.1. The molecule has 0 radical (unpaired) electrons. The highest BCUT2D eigenvalue weighted by molar-refractivity contribution is 7.16. The molecule has 3 aromatic carbocycles. The smallest absolute Gasteiger partial charge is 0.0462 e. The first-order chi connectivity index (χ1) is 25.6. The standard InChI is InChI=1S/C48H57NS3/c1-4-7-10-13-16-43-31-34-46(50-43)37-19-25-40(26-20-37)49(41-27-21-38(22-28-41)47-35-32-44(51-47)17-14-11-8-5-2)42-29-23-39(24-30-42)48-36-33-45(52-48)18-15-12-9-6-3/h19-36H,4-18H2,1-3H3. The highest BCUT2D eigenvalue weighted by atomic mass is 32.1. The van der Waals surface area contributed by atoms with E-state index in [-0.39, 0.29) is 0 Å². The molecule has 6 rings (SSSR count). The van der Waals surface area contributed by atoms with Crippen LogP contribution in [-0.4, -0.2) is 0 Å². The molecule has 3 heterocycles. The molecule has 0 amide bonds. The molecular weight excluding hydrogens is 687 g/mol. The lowest BCUT2D eigenvalue weighted by Gasteiger charge is -2.26. The summed E-state index contributed by atoms with van der Waals surface area (Å²) in [5.74, 6) is 0. The fraction of sp³-hybridized carbons (Fsp3) is 0.375. The van der Waals surface area contributed by atoms with Gasteiger partial charge in [-0.05, 0) is 128 Å². The van der Waals surface area contributed by atoms with Crippen LogP contribution in [0.25, 0.3) is 31.3 Å². The van der Waals surface area contributed by atoms with Crippen molar-refractivity contribution in [1.82, 2.24) is 0 Å². The predicted molar refractivity (Wildman–Crippen MR) is 235 cm³/mol. The molecule has 52 heavy (non-hydrogen) atoms. The molecule has 3 aromatic heterocycles. The third-order valence-corrected chi connectivity index (χ3v) is 13.6. The summed E-state index contributed by atoms with van der Waals surface area (Å²) in [4.78, 5) is 11.0. The van der Waals surface area contributed by atoms with Crippen molar-refractivity contribution in [3.05, 3.63) is 124 Å². The Balaban J connectivity index is 1.22. The Morgan fingerprint density at radius 1 is 0.327 bits per heavy atom. The van der Waals surface area contributed by atoms with E-state index in [1.807, 2.05) is 34.0 Å². The number of hydrogen-bond donors (Lipinski definition) is 0. The second-order valence-corrected chi connectivity index (χ2v) is 17.7. The van der Waals surface area contributed by atoms with Gasteiger partial charge in [-0.3, -0.25) is 0 Å². The minimum atomic E-state index is 1.18. The van der Waals surface area contributed by atoms with Gasteiger partial charge in [0.2, 0.25) is 0 Å². The quantitative estimate of drug-likeness (QED) is 0.0664. The lowest BCUT2D eigenvalue weighted by Crippen LogP contribution is -2.09. The molecule has 0 aliphatic carbocycles. The highest BCUT2D eigenvalue weighted by Gasteiger charge is 2.15. The van der Waals surface area contributed by atoms with Crippen LogP contribution in [0, 0.1) is 0 Å². The van der Waals surface area contributed by atoms with Crippen molar-refractivity contribution in [1.29, 1.82) is 0 Å². The molecule has 0 aliphatic rings. The van der Waals surface area contributed by atoms with Gasteiger partial charge in [0, 0.05) is 46.3 Å². The molecular formula is C48H57NS3. The van der Waals surface area contributed by atoms with Crippen molar-refractivity contribution in [3.8, 4) is 31.3 Å². The fourth-order valence-corrected chi connectivity index (χ4v) is 10.1. The topological polar surface area (TPSA) is 3.24 Å². The summed E-state index contributed by atoms with van der Waals surface area (Å²) < 4.78 is 0. The molecule has 0 unspecified atom stereocenters. The van der Waals surface area contributed by atoms with E-state index >= 15 is 0 Å². The number of hydrogen-bond acceptors (Lipinski definition) is 4. The van der Waals surface area contributed by atoms with Gasteiger partial charge in [0.15, 0.2) is 0 Å². The Hall–Kier alpha value is -3.44. The van der Waals surface area contributed by atoms with E-state index in [0.29, 0.717) is 0 Å². The number of aryl methyl sites for hydroxylation is 3. The summed E-state index contributed by atoms with van der Waals surface area (Å²) in [6.45, 7) is 6.85. The number of nitrogens with zero attached hydrogens (tertiary/aromatic N) is 1. The zero-order valence-electron chi connectivity index (χ0n) is 31.7. The third kappa shape index (κ3) is 10.6. The molecule has 0 fully saturated rings. The van der Waals surface area contributed by atoms with Crippen LogP contribution < -0.4 is 4.90 Å². The summed E-state index contributed by atoms with van der Waals surface area (Å²) in [6.07, 6.45) is 19.3. The summed E-state index contributed by atoms with van der Waals surface area (Å²) in [5, 5.41) is 0. The molecule has 0 atom stereocenters. The minimum absolute atomic E-state index is 1.18. The SMILES string of the molecule is CCCCCCc1ccc(-c2ccc(N(c3ccc(-c4ccc(CCCCCC)s4)cc3)c3ccc(-c4ccc(CCCCCC)s4)cc3)cc2)s1. The maximum atomic E-state index is 2.41. The lowest BCUT2D eigenvalue weighted by molar-refractivity contribution is 0.670. The summed E-state index contributed by atoms with van der Waals surface area (Å²) >= 11 is 5.86. The van der Waals surface area contributed by atoms with Crippen LogP contribution in [0.4, 0.5) is 17.1 Å². The van der Waals surface area contributed by atoms with Gasteiger partial charge in [-0.2, -0.15) is 0 Å². The van der Waals surface area contributed by atoms with Gasteiger partial charge in [-0.1, -0.05) is 115 Å². The van der Waals surface area contributed by atoms with Crippen LogP contribution in [0.5, 0.6) is 0 Å². The molecule has 0 saturated heterocycles. The van der Waals surface area contributed by atoms with Crippen LogP contribution in [0.2, 0.25) is 0 Å². The van der Waals surface area contributed by atoms with Crippen LogP contribution in [0.15, 0.2) is 109 Å². The van der Waals surface area contributed by atoms with Crippen molar-refractivity contribution in [2.24, 2.45) is 0 Å². The minimum Gasteiger partial charge on any atom is -0.311 e. The van der Waals surface area contributed by atoms with E-state index in [1.54, 1.807) is 0 Å². The number of rotatable bonds is 21. The summed E-state index contributed by atoms with van der Waals surface area (Å²) in [6, 6.07) is 41.6. The molecule has 0 aliphatic heterocycles. The fourth-order valence-electron chi connectivity index (χ4n) is 6.95. The average Bonchev–Trinajstić information content (AvgIpc) is 3.97. The van der Waals surface area contributed by atoms with E-state index in [4.69, 9.17) is 0 Å². The van der Waals surface area contributed by atoms with Crippen molar-refractivity contribution >= 4 is 51.1 Å². The number of unbranched alkanes of at least 4 members (excludes halogenated alkanes) is 9. The van der Waals surface area contributed by atoms with Gasteiger partial charge in [-0.15, -0.1) is 34.0 Å². The first-order valence-electron chi connectivity index (χ1n) is 20.0. The third-order valence-electron chi connectivity index (χ3n) is 10.0. The number of anilines is 3. The van der Waals surface area contributed by atoms with Crippen LogP contribution in [-0.2, 0) is 19.3 Å². The average molecular weight is 744 g/mol. The first-order valence-corrected chi connectivity index (χ1v) is 22.5. The number of benzene rings is 3. The lowest BCUT2D eigenvalue weighted by atomic mass is 10.1. The monoisotopic (exact) mass is 743 g/mol. The van der Waals surface area contributed by atoms with E-state index in [1.165, 1.54) is 159 Å². The maximum Gasteiger partial charge on any atom is 0.0462 e. The van der Waals surface area contributed by atoms with Gasteiger partial charge < -0.3 is 4.90 Å². The van der Waals surface area contributed by atoms with E-state index in [9.17, 15) is 0 Å². The van der Waals surface area contributed by atoms with Crippen LogP contribution >= 0.6 is 34.0 Å². The second-order valence-electron chi connectivity index (χ2n) is 14.2. The second kappa shape index (κ2) is 20.1. The molecule has 0 bridgehead atoms. The molecule has 272 valence electrons. The van der Waals surface area contributed by atoms with E-state index in [2.05, 4.69) is 135 Å². The summed E-state index contributed by atoms with van der Waals surface area (Å²) in [5.41, 5.74) is 7.42. The van der Waals surface area contributed by atoms with E-state index < -0.39 is 0 Å². The largest absolute Gasteiger partial charge is 0.311 e. The Kier molecular flexibility index (Phi) is 14.8. The Morgan fingerprint density at radius 3 is 0.885 bits per heavy atom. The van der Waals surface area contributed by atoms with Gasteiger partial charge in [0.05, 0.1) is 0 Å². The first kappa shape index (κ1) is 38.3. The molecule has 0 spiro atoms. The highest BCUT2D eigenvalue weighted by Crippen LogP contribution is 2.40. The molecule has 1 nitrogen and oxygen atoms in total. The van der Waals surface area contributed by atoms with Crippen LogP contribution in [0.1, 0.15) is 112 Å². The van der Waals surface area contributed by atoms with Crippen LogP contribution in [0.3, 0.4) is 0 Å². The van der Waals surface area contributed by atoms with Crippen molar-refractivity contribution in [2.75, 3.05) is 4.90 Å². The molecule has 4 heteroatoms. The van der Waals surface area contributed by atoms with Crippen molar-refractivity contribution < 1.29 is 0 Å². The van der Waals surface area contributed by atoms with Crippen molar-refractivity contribution in [3.63, 3.8) is 0 Å². The van der Waals surface area contributed by atoms with Gasteiger partial charge in [-0.25, -0.2) is 0 Å². The van der Waals surface area contributed by atoms with Gasteiger partial charge >= 0.3 is 0 Å². The maximum absolute atomic E-state index is 2.41. The van der Waals surface area contributed by atoms with Gasteiger partial charge in [0.1, 0.15) is 0 Å².